The first-order valence-corrected chi connectivity index (χ1v) is 11.0. The summed E-state index contributed by atoms with van der Waals surface area (Å²) >= 11 is 6.21. The Bertz CT molecular complexity index is 1110. The molecule has 1 N–H and O–H groups in total. The summed E-state index contributed by atoms with van der Waals surface area (Å²) in [6.45, 7) is 0. The summed E-state index contributed by atoms with van der Waals surface area (Å²) in [4.78, 5) is 17.4. The summed E-state index contributed by atoms with van der Waals surface area (Å²) in [6, 6.07) is 14.2. The number of aromatic nitrogens is 1. The van der Waals surface area contributed by atoms with Crippen LogP contribution in [0.4, 0.5) is 10.1 Å². The Hall–Kier alpha value is -2.46. The molecule has 2 saturated carbocycles. The fourth-order valence-corrected chi connectivity index (χ4v) is 5.67. The summed E-state index contributed by atoms with van der Waals surface area (Å²) in [5.74, 6) is 0.292. The molecule has 30 heavy (non-hydrogen) atoms. The Kier molecular flexibility index (Phi) is 4.98. The lowest BCUT2D eigenvalue weighted by molar-refractivity contribution is -0.133. The van der Waals surface area contributed by atoms with Crippen molar-refractivity contribution in [3.63, 3.8) is 0 Å². The number of anilines is 1. The minimum absolute atomic E-state index is 0.0429. The van der Waals surface area contributed by atoms with E-state index in [2.05, 4.69) is 10.3 Å². The molecule has 2 fully saturated rings. The molecular formula is C25H24ClFN2O. The van der Waals surface area contributed by atoms with E-state index < -0.39 is 0 Å². The van der Waals surface area contributed by atoms with Gasteiger partial charge in [-0.25, -0.2) is 4.39 Å². The number of nitrogens with one attached hydrogen (secondary N) is 1. The van der Waals surface area contributed by atoms with Crippen molar-refractivity contribution in [1.82, 2.24) is 4.98 Å². The first kappa shape index (κ1) is 19.5. The number of pyridine rings is 1. The van der Waals surface area contributed by atoms with Crippen LogP contribution in [0.2, 0.25) is 5.02 Å². The zero-order chi connectivity index (χ0) is 20.7. The molecule has 1 aromatic heterocycles. The fourth-order valence-electron chi connectivity index (χ4n) is 5.49. The zero-order valence-corrected chi connectivity index (χ0v) is 17.5. The van der Waals surface area contributed by atoms with Crippen molar-refractivity contribution >= 4 is 34.1 Å². The Labute approximate surface area is 180 Å². The van der Waals surface area contributed by atoms with Crippen LogP contribution in [0.15, 0.2) is 54.7 Å². The number of nitrogens with zero attached hydrogens (tertiary/aromatic N) is 1. The molecular weight excluding hydrogens is 399 g/mol. The van der Waals surface area contributed by atoms with Crippen molar-refractivity contribution in [1.29, 1.82) is 0 Å². The minimum Gasteiger partial charge on any atom is -0.325 e. The molecule has 1 amide bonds. The van der Waals surface area contributed by atoms with E-state index in [1.807, 2.05) is 30.5 Å². The van der Waals surface area contributed by atoms with Crippen molar-refractivity contribution in [3.8, 4) is 0 Å². The summed E-state index contributed by atoms with van der Waals surface area (Å²) in [7, 11) is 0. The van der Waals surface area contributed by atoms with E-state index in [9.17, 15) is 9.18 Å². The van der Waals surface area contributed by atoms with Crippen LogP contribution < -0.4 is 5.32 Å². The van der Waals surface area contributed by atoms with Crippen molar-refractivity contribution < 1.29 is 9.18 Å². The molecule has 1 atom stereocenters. The molecule has 0 saturated heterocycles. The lowest BCUT2D eigenvalue weighted by Gasteiger charge is -2.52. The zero-order valence-electron chi connectivity index (χ0n) is 16.7. The van der Waals surface area contributed by atoms with E-state index in [0.717, 1.165) is 49.4 Å². The molecule has 0 radical (unpaired) electrons. The maximum absolute atomic E-state index is 13.8. The van der Waals surface area contributed by atoms with Crippen molar-refractivity contribution in [2.75, 3.05) is 5.32 Å². The highest BCUT2D eigenvalue weighted by Gasteiger charge is 2.51. The molecule has 1 heterocycles. The SMILES string of the molecule is O=C(Nc1ccccc1Cl)[C@H]1CCC12CCC(c1ccnc3ccc(F)cc13)CC2. The van der Waals surface area contributed by atoms with E-state index >= 15 is 0 Å². The molecule has 3 aromatic rings. The predicted octanol–water partition coefficient (Wildman–Crippen LogP) is 6.72. The molecule has 0 bridgehead atoms. The minimum atomic E-state index is -0.223. The van der Waals surface area contributed by atoms with Gasteiger partial charge < -0.3 is 5.32 Å². The van der Waals surface area contributed by atoms with Gasteiger partial charge in [0.05, 0.1) is 16.2 Å². The highest BCUT2D eigenvalue weighted by Crippen LogP contribution is 2.58. The molecule has 0 unspecified atom stereocenters. The van der Waals surface area contributed by atoms with Gasteiger partial charge in [-0.15, -0.1) is 0 Å². The van der Waals surface area contributed by atoms with Gasteiger partial charge in [-0.05, 0) is 91.8 Å². The number of hydrogen-bond acceptors (Lipinski definition) is 2. The van der Waals surface area contributed by atoms with Gasteiger partial charge in [0.15, 0.2) is 0 Å². The third kappa shape index (κ3) is 3.37. The van der Waals surface area contributed by atoms with Crippen LogP contribution in [0.1, 0.15) is 50.0 Å². The largest absolute Gasteiger partial charge is 0.325 e. The molecule has 5 heteroatoms. The van der Waals surface area contributed by atoms with Gasteiger partial charge >= 0.3 is 0 Å². The lowest BCUT2D eigenvalue weighted by atomic mass is 9.52. The first-order valence-electron chi connectivity index (χ1n) is 10.7. The smallest absolute Gasteiger partial charge is 0.228 e. The monoisotopic (exact) mass is 422 g/mol. The maximum Gasteiger partial charge on any atom is 0.228 e. The van der Waals surface area contributed by atoms with Crippen LogP contribution in [0.3, 0.4) is 0 Å². The molecule has 5 rings (SSSR count). The van der Waals surface area contributed by atoms with Crippen LogP contribution in [0, 0.1) is 17.2 Å². The first-order chi connectivity index (χ1) is 14.6. The van der Waals surface area contributed by atoms with Gasteiger partial charge in [0.2, 0.25) is 5.91 Å². The van der Waals surface area contributed by atoms with Crippen molar-refractivity contribution in [2.24, 2.45) is 11.3 Å². The topological polar surface area (TPSA) is 42.0 Å². The van der Waals surface area contributed by atoms with E-state index in [1.165, 1.54) is 11.6 Å². The van der Waals surface area contributed by atoms with Gasteiger partial charge in [-0.2, -0.15) is 0 Å². The fraction of sp³-hybridized carbons (Fsp3) is 0.360. The third-order valence-corrected chi connectivity index (χ3v) is 7.61. The molecule has 0 aliphatic heterocycles. The van der Waals surface area contributed by atoms with Gasteiger partial charge in [0, 0.05) is 17.5 Å². The summed E-state index contributed by atoms with van der Waals surface area (Å²) in [6.07, 6.45) is 7.95. The van der Waals surface area contributed by atoms with Gasteiger partial charge in [-0.1, -0.05) is 23.7 Å². The van der Waals surface area contributed by atoms with Crippen LogP contribution in [0.25, 0.3) is 10.9 Å². The number of carbonyl (C=O) groups is 1. The van der Waals surface area contributed by atoms with Gasteiger partial charge in [-0.3, -0.25) is 9.78 Å². The van der Waals surface area contributed by atoms with E-state index in [-0.39, 0.29) is 23.1 Å². The molecule has 3 nitrogen and oxygen atoms in total. The molecule has 2 aliphatic carbocycles. The number of hydrogen-bond donors (Lipinski definition) is 1. The van der Waals surface area contributed by atoms with Crippen LogP contribution in [-0.2, 0) is 4.79 Å². The molecule has 154 valence electrons. The normalized spacial score (nSPS) is 25.8. The second-order valence-corrected chi connectivity index (χ2v) is 9.17. The highest BCUT2D eigenvalue weighted by atomic mass is 35.5. The predicted molar refractivity (Wildman–Crippen MR) is 118 cm³/mol. The Morgan fingerprint density at radius 1 is 1.07 bits per heavy atom. The maximum atomic E-state index is 13.8. The van der Waals surface area contributed by atoms with Crippen LogP contribution in [-0.4, -0.2) is 10.9 Å². The Morgan fingerprint density at radius 2 is 1.83 bits per heavy atom. The lowest BCUT2D eigenvalue weighted by Crippen LogP contribution is -2.48. The number of carbonyl (C=O) groups excluding carboxylic acids is 1. The van der Waals surface area contributed by atoms with Gasteiger partial charge in [0.25, 0.3) is 0 Å². The van der Waals surface area contributed by atoms with E-state index in [1.54, 1.807) is 18.2 Å². The second kappa shape index (κ2) is 7.66. The highest BCUT2D eigenvalue weighted by molar-refractivity contribution is 6.33. The quantitative estimate of drug-likeness (QED) is 0.509. The standard InChI is InChI=1S/C25H24ClFN2O/c26-21-3-1-2-4-23(21)29-24(30)20-9-13-25(20)11-7-16(8-12-25)18-10-14-28-22-6-5-17(27)15-19(18)22/h1-6,10,14-16,20H,7-9,11-13H2,(H,29,30)/t16?,20-,25?/m1/s1. The number of halogens is 2. The van der Waals surface area contributed by atoms with E-state index in [4.69, 9.17) is 11.6 Å². The summed E-state index contributed by atoms with van der Waals surface area (Å²) in [5.41, 5.74) is 2.81. The molecule has 1 spiro atoms. The summed E-state index contributed by atoms with van der Waals surface area (Å²) in [5, 5.41) is 4.52. The second-order valence-electron chi connectivity index (χ2n) is 8.76. The van der Waals surface area contributed by atoms with Crippen LogP contribution >= 0.6 is 11.6 Å². The molecule has 2 aliphatic rings. The number of benzene rings is 2. The van der Waals surface area contributed by atoms with Crippen molar-refractivity contribution in [3.05, 3.63) is 71.1 Å². The number of para-hydroxylation sites is 1. The number of fused-ring (bicyclic) bond motifs is 1. The number of amides is 1. The van der Waals surface area contributed by atoms with E-state index in [0.29, 0.717) is 16.6 Å². The number of rotatable bonds is 3. The van der Waals surface area contributed by atoms with Crippen LogP contribution in [0.5, 0.6) is 0 Å². The molecule has 2 aromatic carbocycles. The Balaban J connectivity index is 1.30. The third-order valence-electron chi connectivity index (χ3n) is 7.28. The van der Waals surface area contributed by atoms with Crippen molar-refractivity contribution in [2.45, 2.75) is 44.4 Å². The average molecular weight is 423 g/mol. The summed E-state index contributed by atoms with van der Waals surface area (Å²) < 4.78 is 13.8. The van der Waals surface area contributed by atoms with Gasteiger partial charge in [0.1, 0.15) is 5.82 Å². The Morgan fingerprint density at radius 3 is 2.57 bits per heavy atom. The average Bonchev–Trinajstić information content (AvgIpc) is 2.74.